The second kappa shape index (κ2) is 46.2. The van der Waals surface area contributed by atoms with E-state index in [1.165, 1.54) is 122 Å². The third-order valence-corrected chi connectivity index (χ3v) is 8.60. The second-order valence-corrected chi connectivity index (χ2v) is 13.3. The fourth-order valence-electron chi connectivity index (χ4n) is 5.51. The summed E-state index contributed by atoms with van der Waals surface area (Å²) in [6.07, 6.45) is 29.7. The van der Waals surface area contributed by atoms with Crippen molar-refractivity contribution in [3.8, 4) is 0 Å². The van der Waals surface area contributed by atoms with Crippen molar-refractivity contribution in [2.24, 2.45) is 0 Å². The molecular formula is C41H82O9. The lowest BCUT2D eigenvalue weighted by Crippen LogP contribution is -2.15. The molecule has 0 unspecified atom stereocenters. The molecule has 0 aromatic rings. The summed E-state index contributed by atoms with van der Waals surface area (Å²) in [6.45, 7) is 12.5. The Balaban J connectivity index is 3.09. The van der Waals surface area contributed by atoms with E-state index in [1.807, 2.05) is 0 Å². The van der Waals surface area contributed by atoms with Gasteiger partial charge >= 0.3 is 5.97 Å². The predicted molar refractivity (Wildman–Crippen MR) is 204 cm³/mol. The van der Waals surface area contributed by atoms with Gasteiger partial charge in [0, 0.05) is 13.0 Å². The molecule has 0 bridgehead atoms. The molecule has 0 rings (SSSR count). The van der Waals surface area contributed by atoms with E-state index < -0.39 is 0 Å². The van der Waals surface area contributed by atoms with E-state index in [4.69, 9.17) is 37.9 Å². The van der Waals surface area contributed by atoms with E-state index in [9.17, 15) is 4.79 Å². The molecule has 9 nitrogen and oxygen atoms in total. The van der Waals surface area contributed by atoms with Crippen LogP contribution < -0.4 is 0 Å². The van der Waals surface area contributed by atoms with Crippen LogP contribution in [0.15, 0.2) is 0 Å². The SMILES string of the molecule is CCCCCCCCCCCCCCCCCCOCCOCCOCCOCCOCCOCCOCCOC(=O)CCCCCCCC. The molecule has 50 heavy (non-hydrogen) atoms. The van der Waals surface area contributed by atoms with Gasteiger partial charge in [-0.3, -0.25) is 4.79 Å². The molecule has 0 radical (unpaired) electrons. The van der Waals surface area contributed by atoms with Gasteiger partial charge in [0.2, 0.25) is 0 Å². The molecule has 300 valence electrons. The van der Waals surface area contributed by atoms with Gasteiger partial charge in [0.15, 0.2) is 0 Å². The molecule has 0 N–H and O–H groups in total. The first-order valence-corrected chi connectivity index (χ1v) is 21.0. The van der Waals surface area contributed by atoms with Gasteiger partial charge in [-0.05, 0) is 12.8 Å². The topological polar surface area (TPSA) is 90.9 Å². The average molecular weight is 719 g/mol. The van der Waals surface area contributed by atoms with Gasteiger partial charge < -0.3 is 37.9 Å². The lowest BCUT2D eigenvalue weighted by atomic mass is 10.0. The van der Waals surface area contributed by atoms with Crippen molar-refractivity contribution < 1.29 is 42.7 Å². The number of hydrogen-bond donors (Lipinski definition) is 0. The summed E-state index contributed by atoms with van der Waals surface area (Å²) in [5.41, 5.74) is 0. The van der Waals surface area contributed by atoms with Crippen molar-refractivity contribution >= 4 is 5.97 Å². The normalized spacial score (nSPS) is 11.5. The third-order valence-electron chi connectivity index (χ3n) is 8.60. The van der Waals surface area contributed by atoms with Crippen LogP contribution in [-0.4, -0.2) is 105 Å². The molecule has 0 saturated carbocycles. The molecule has 0 aromatic heterocycles. The van der Waals surface area contributed by atoms with Crippen LogP contribution in [0.2, 0.25) is 0 Å². The van der Waals surface area contributed by atoms with Gasteiger partial charge in [0.25, 0.3) is 0 Å². The minimum atomic E-state index is -0.133. The summed E-state index contributed by atoms with van der Waals surface area (Å²) in [5.74, 6) is -0.133. The highest BCUT2D eigenvalue weighted by atomic mass is 16.6. The van der Waals surface area contributed by atoms with Crippen molar-refractivity contribution in [3.63, 3.8) is 0 Å². The number of rotatable bonds is 45. The smallest absolute Gasteiger partial charge is 0.305 e. The van der Waals surface area contributed by atoms with Gasteiger partial charge in [-0.2, -0.15) is 0 Å². The van der Waals surface area contributed by atoms with Crippen molar-refractivity contribution in [2.45, 2.75) is 162 Å². The summed E-state index contributed by atoms with van der Waals surface area (Å²) >= 11 is 0. The number of hydrogen-bond acceptors (Lipinski definition) is 9. The van der Waals surface area contributed by atoms with Crippen LogP contribution in [0.1, 0.15) is 162 Å². The number of ether oxygens (including phenoxy) is 8. The Morgan fingerprint density at radius 2 is 0.520 bits per heavy atom. The monoisotopic (exact) mass is 719 g/mol. The molecule has 0 aliphatic carbocycles. The molecule has 0 saturated heterocycles. The lowest BCUT2D eigenvalue weighted by Gasteiger charge is -2.09. The van der Waals surface area contributed by atoms with Crippen molar-refractivity contribution in [1.82, 2.24) is 0 Å². The molecule has 0 spiro atoms. The maximum Gasteiger partial charge on any atom is 0.305 e. The Morgan fingerprint density at radius 3 is 0.840 bits per heavy atom. The minimum absolute atomic E-state index is 0.133. The zero-order valence-electron chi connectivity index (χ0n) is 33.0. The summed E-state index contributed by atoms with van der Waals surface area (Å²) < 4.78 is 43.9. The second-order valence-electron chi connectivity index (χ2n) is 13.3. The van der Waals surface area contributed by atoms with Crippen LogP contribution in [0.4, 0.5) is 0 Å². The molecule has 0 aliphatic heterocycles. The first kappa shape index (κ1) is 49.2. The van der Waals surface area contributed by atoms with Crippen LogP contribution in [0.5, 0.6) is 0 Å². The van der Waals surface area contributed by atoms with Crippen molar-refractivity contribution in [2.75, 3.05) is 99.1 Å². The van der Waals surface area contributed by atoms with Gasteiger partial charge in [0.05, 0.1) is 85.9 Å². The van der Waals surface area contributed by atoms with Gasteiger partial charge in [-0.25, -0.2) is 0 Å². The van der Waals surface area contributed by atoms with Crippen LogP contribution >= 0.6 is 0 Å². The van der Waals surface area contributed by atoms with Crippen molar-refractivity contribution in [3.05, 3.63) is 0 Å². The maximum absolute atomic E-state index is 11.7. The lowest BCUT2D eigenvalue weighted by molar-refractivity contribution is -0.145. The molecule has 0 aromatic carbocycles. The van der Waals surface area contributed by atoms with E-state index in [1.54, 1.807) is 0 Å². The Labute approximate surface area is 308 Å². The van der Waals surface area contributed by atoms with Crippen LogP contribution in [0, 0.1) is 0 Å². The number of carbonyl (C=O) groups is 1. The zero-order valence-corrected chi connectivity index (χ0v) is 33.0. The van der Waals surface area contributed by atoms with Gasteiger partial charge in [-0.1, -0.05) is 142 Å². The van der Waals surface area contributed by atoms with E-state index in [2.05, 4.69) is 13.8 Å². The number of unbranched alkanes of at least 4 members (excludes halogenated alkanes) is 20. The van der Waals surface area contributed by atoms with E-state index >= 15 is 0 Å². The zero-order chi connectivity index (χ0) is 36.1. The highest BCUT2D eigenvalue weighted by Gasteiger charge is 2.03. The molecule has 9 heteroatoms. The minimum Gasteiger partial charge on any atom is -0.463 e. The fraction of sp³-hybridized carbons (Fsp3) is 0.976. The Bertz CT molecular complexity index is 623. The molecule has 0 fully saturated rings. The third kappa shape index (κ3) is 45.2. The Morgan fingerprint density at radius 1 is 0.280 bits per heavy atom. The number of carbonyl (C=O) groups excluding carboxylic acids is 1. The summed E-state index contributed by atoms with van der Waals surface area (Å²) in [7, 11) is 0. The standard InChI is InChI=1S/C41H82O9/c1-3-5-7-9-11-12-13-14-15-16-17-18-19-20-22-24-26-43-27-28-44-29-30-45-31-32-46-33-34-47-35-36-48-37-38-49-39-40-50-41(42)25-23-21-10-8-6-4-2/h3-40H2,1-2H3. The van der Waals surface area contributed by atoms with Gasteiger partial charge in [-0.15, -0.1) is 0 Å². The van der Waals surface area contributed by atoms with E-state index in [-0.39, 0.29) is 5.97 Å². The van der Waals surface area contributed by atoms with E-state index in [0.29, 0.717) is 98.9 Å². The molecule has 0 heterocycles. The molecule has 0 amide bonds. The molecular weight excluding hydrogens is 636 g/mol. The van der Waals surface area contributed by atoms with Crippen molar-refractivity contribution in [1.29, 1.82) is 0 Å². The summed E-state index contributed by atoms with van der Waals surface area (Å²) in [5, 5.41) is 0. The first-order valence-electron chi connectivity index (χ1n) is 21.0. The van der Waals surface area contributed by atoms with Crippen LogP contribution in [-0.2, 0) is 42.7 Å². The average Bonchev–Trinajstić information content (AvgIpc) is 3.12. The van der Waals surface area contributed by atoms with Gasteiger partial charge in [0.1, 0.15) is 6.61 Å². The fourth-order valence-corrected chi connectivity index (χ4v) is 5.51. The summed E-state index contributed by atoms with van der Waals surface area (Å²) in [6, 6.07) is 0. The quantitative estimate of drug-likeness (QED) is 0.0451. The Hall–Kier alpha value is -0.810. The van der Waals surface area contributed by atoms with E-state index in [0.717, 1.165) is 25.9 Å². The largest absolute Gasteiger partial charge is 0.463 e. The first-order chi connectivity index (χ1) is 24.8. The maximum atomic E-state index is 11.7. The Kier molecular flexibility index (Phi) is 45.5. The predicted octanol–water partition coefficient (Wildman–Crippen LogP) is 9.66. The highest BCUT2D eigenvalue weighted by molar-refractivity contribution is 5.69. The molecule has 0 aliphatic rings. The summed E-state index contributed by atoms with van der Waals surface area (Å²) in [4.78, 5) is 11.7. The van der Waals surface area contributed by atoms with Crippen LogP contribution in [0.3, 0.4) is 0 Å². The van der Waals surface area contributed by atoms with Crippen LogP contribution in [0.25, 0.3) is 0 Å². The number of esters is 1. The highest BCUT2D eigenvalue weighted by Crippen LogP contribution is 2.14. The molecule has 0 atom stereocenters.